The van der Waals surface area contributed by atoms with Crippen molar-refractivity contribution in [3.8, 4) is 0 Å². The van der Waals surface area contributed by atoms with E-state index in [0.29, 0.717) is 6.42 Å². The SMILES string of the molecule is O=C1CCCC2=C1[C@@H](c1ccccc1I)c1c(ccc3ncccc13)N2. The Kier molecular flexibility index (Phi) is 3.81. The molecule has 128 valence electrons. The molecule has 5 rings (SSSR count). The van der Waals surface area contributed by atoms with Crippen LogP contribution < -0.4 is 5.32 Å². The van der Waals surface area contributed by atoms with Crippen molar-refractivity contribution in [2.24, 2.45) is 0 Å². The van der Waals surface area contributed by atoms with Gasteiger partial charge in [-0.15, -0.1) is 0 Å². The van der Waals surface area contributed by atoms with Crippen LogP contribution in [0.15, 0.2) is 66.0 Å². The lowest BCUT2D eigenvalue weighted by Crippen LogP contribution is -2.27. The first-order valence-corrected chi connectivity index (χ1v) is 9.97. The molecule has 1 aliphatic carbocycles. The lowest BCUT2D eigenvalue weighted by Gasteiger charge is -2.35. The van der Waals surface area contributed by atoms with Crippen LogP contribution in [-0.2, 0) is 4.79 Å². The van der Waals surface area contributed by atoms with Crippen LogP contribution in [0.4, 0.5) is 5.69 Å². The summed E-state index contributed by atoms with van der Waals surface area (Å²) in [7, 11) is 0. The summed E-state index contributed by atoms with van der Waals surface area (Å²) >= 11 is 2.39. The van der Waals surface area contributed by atoms with E-state index in [0.717, 1.165) is 40.7 Å². The molecule has 0 radical (unpaired) electrons. The lowest BCUT2D eigenvalue weighted by atomic mass is 9.74. The summed E-state index contributed by atoms with van der Waals surface area (Å²) in [6.07, 6.45) is 4.32. The molecule has 0 bridgehead atoms. The summed E-state index contributed by atoms with van der Waals surface area (Å²) in [6, 6.07) is 16.7. The number of hydrogen-bond acceptors (Lipinski definition) is 3. The average molecular weight is 452 g/mol. The number of ketones is 1. The highest BCUT2D eigenvalue weighted by Gasteiger charge is 2.36. The molecule has 0 amide bonds. The molecule has 3 nitrogen and oxygen atoms in total. The minimum absolute atomic E-state index is 0.0324. The van der Waals surface area contributed by atoms with E-state index in [4.69, 9.17) is 0 Å². The topological polar surface area (TPSA) is 42.0 Å². The van der Waals surface area contributed by atoms with Crippen molar-refractivity contribution in [3.63, 3.8) is 0 Å². The summed E-state index contributed by atoms with van der Waals surface area (Å²) in [6.45, 7) is 0. The fourth-order valence-corrected chi connectivity index (χ4v) is 4.95. The van der Waals surface area contributed by atoms with Crippen molar-refractivity contribution in [2.75, 3.05) is 5.32 Å². The van der Waals surface area contributed by atoms with Crippen LogP contribution in [0.3, 0.4) is 0 Å². The number of allylic oxidation sites excluding steroid dienone is 2. The number of benzene rings is 2. The van der Waals surface area contributed by atoms with Gasteiger partial charge in [-0.25, -0.2) is 0 Å². The Morgan fingerprint density at radius 2 is 1.92 bits per heavy atom. The summed E-state index contributed by atoms with van der Waals surface area (Å²) in [5.74, 6) is 0.241. The number of fused-ring (bicyclic) bond motifs is 3. The van der Waals surface area contributed by atoms with E-state index in [2.05, 4.69) is 75.4 Å². The number of anilines is 1. The molecule has 1 N–H and O–H groups in total. The summed E-state index contributed by atoms with van der Waals surface area (Å²) < 4.78 is 1.19. The van der Waals surface area contributed by atoms with E-state index in [9.17, 15) is 4.79 Å². The van der Waals surface area contributed by atoms with E-state index in [-0.39, 0.29) is 11.7 Å². The van der Waals surface area contributed by atoms with Gasteiger partial charge in [-0.1, -0.05) is 24.3 Å². The Morgan fingerprint density at radius 1 is 1.04 bits per heavy atom. The van der Waals surface area contributed by atoms with Crippen molar-refractivity contribution in [2.45, 2.75) is 25.2 Å². The van der Waals surface area contributed by atoms with Gasteiger partial charge in [0.2, 0.25) is 0 Å². The standard InChI is InChI=1S/C22H17IN2O/c23-15-7-2-1-5-13(15)21-20-14-6-4-12-24-16(14)10-11-18(20)25-17-8-3-9-19(26)22(17)21/h1-2,4-7,10-12,21,25H,3,8-9H2/t21-/m0/s1. The molecule has 3 aromatic rings. The van der Waals surface area contributed by atoms with Gasteiger partial charge < -0.3 is 5.32 Å². The Morgan fingerprint density at radius 3 is 2.81 bits per heavy atom. The molecule has 26 heavy (non-hydrogen) atoms. The van der Waals surface area contributed by atoms with Gasteiger partial charge in [-0.2, -0.15) is 0 Å². The van der Waals surface area contributed by atoms with Crippen LogP contribution in [-0.4, -0.2) is 10.8 Å². The van der Waals surface area contributed by atoms with Gasteiger partial charge in [-0.05, 0) is 70.8 Å². The van der Waals surface area contributed by atoms with Crippen LogP contribution >= 0.6 is 22.6 Å². The molecular formula is C22H17IN2O. The monoisotopic (exact) mass is 452 g/mol. The van der Waals surface area contributed by atoms with E-state index < -0.39 is 0 Å². The summed E-state index contributed by atoms with van der Waals surface area (Å²) in [4.78, 5) is 17.5. The Hall–Kier alpha value is -2.21. The molecule has 4 heteroatoms. The summed E-state index contributed by atoms with van der Waals surface area (Å²) in [5, 5.41) is 4.69. The number of halogens is 1. The number of carbonyl (C=O) groups excluding carboxylic acids is 1. The third kappa shape index (κ3) is 2.39. The van der Waals surface area contributed by atoms with Crippen LogP contribution in [0.1, 0.15) is 36.3 Å². The third-order valence-corrected chi connectivity index (χ3v) is 6.34. The normalized spacial score (nSPS) is 19.1. The number of hydrogen-bond donors (Lipinski definition) is 1. The first kappa shape index (κ1) is 16.0. The largest absolute Gasteiger partial charge is 0.358 e. The second-order valence-electron chi connectivity index (χ2n) is 6.85. The maximum atomic E-state index is 13.0. The van der Waals surface area contributed by atoms with E-state index in [1.165, 1.54) is 14.7 Å². The molecule has 0 saturated heterocycles. The van der Waals surface area contributed by atoms with Crippen LogP contribution in [0, 0.1) is 3.57 Å². The number of nitrogens with one attached hydrogen (secondary N) is 1. The van der Waals surface area contributed by atoms with Gasteiger partial charge in [0.05, 0.1) is 5.52 Å². The number of pyridine rings is 1. The Balaban J connectivity index is 1.87. The van der Waals surface area contributed by atoms with Crippen molar-refractivity contribution in [1.82, 2.24) is 4.98 Å². The molecule has 0 unspecified atom stereocenters. The Bertz CT molecular complexity index is 1090. The molecule has 2 heterocycles. The number of nitrogens with zero attached hydrogens (tertiary/aromatic N) is 1. The van der Waals surface area contributed by atoms with Crippen molar-refractivity contribution < 1.29 is 4.79 Å². The third-order valence-electron chi connectivity index (χ3n) is 5.36. The van der Waals surface area contributed by atoms with E-state index in [1.54, 1.807) is 0 Å². The Labute approximate surface area is 165 Å². The van der Waals surface area contributed by atoms with Crippen molar-refractivity contribution >= 4 is 45.0 Å². The fourth-order valence-electron chi connectivity index (χ4n) is 4.25. The van der Waals surface area contributed by atoms with Crippen LogP contribution in [0.2, 0.25) is 0 Å². The predicted molar refractivity (Wildman–Crippen MR) is 112 cm³/mol. The van der Waals surface area contributed by atoms with Gasteiger partial charge in [0, 0.05) is 44.4 Å². The minimum atomic E-state index is -0.0324. The van der Waals surface area contributed by atoms with Crippen LogP contribution in [0.25, 0.3) is 10.9 Å². The molecule has 2 aliphatic rings. The molecule has 2 aromatic carbocycles. The van der Waals surface area contributed by atoms with Gasteiger partial charge in [0.15, 0.2) is 5.78 Å². The number of rotatable bonds is 1. The highest BCUT2D eigenvalue weighted by Crippen LogP contribution is 2.48. The predicted octanol–water partition coefficient (Wildman–Crippen LogP) is 5.40. The highest BCUT2D eigenvalue weighted by atomic mass is 127. The molecule has 1 aliphatic heterocycles. The average Bonchev–Trinajstić information content (AvgIpc) is 2.67. The van der Waals surface area contributed by atoms with Crippen LogP contribution in [0.5, 0.6) is 0 Å². The second kappa shape index (κ2) is 6.20. The molecular weight excluding hydrogens is 435 g/mol. The van der Waals surface area contributed by atoms with Crippen molar-refractivity contribution in [3.05, 3.63) is 80.7 Å². The fraction of sp³-hybridized carbons (Fsp3) is 0.182. The van der Waals surface area contributed by atoms with Gasteiger partial charge in [0.25, 0.3) is 0 Å². The highest BCUT2D eigenvalue weighted by molar-refractivity contribution is 14.1. The molecule has 0 fully saturated rings. The molecule has 0 spiro atoms. The van der Waals surface area contributed by atoms with Gasteiger partial charge >= 0.3 is 0 Å². The quantitative estimate of drug-likeness (QED) is 0.503. The van der Waals surface area contributed by atoms with E-state index in [1.807, 2.05) is 12.3 Å². The first-order valence-electron chi connectivity index (χ1n) is 8.89. The molecule has 1 atom stereocenters. The lowest BCUT2D eigenvalue weighted by molar-refractivity contribution is -0.116. The number of carbonyl (C=O) groups is 1. The zero-order valence-corrected chi connectivity index (χ0v) is 16.3. The van der Waals surface area contributed by atoms with Gasteiger partial charge in [-0.3, -0.25) is 9.78 Å². The van der Waals surface area contributed by atoms with Crippen molar-refractivity contribution in [1.29, 1.82) is 0 Å². The maximum Gasteiger partial charge on any atom is 0.161 e. The molecule has 1 aromatic heterocycles. The van der Waals surface area contributed by atoms with Gasteiger partial charge in [0.1, 0.15) is 0 Å². The van der Waals surface area contributed by atoms with E-state index >= 15 is 0 Å². The zero-order valence-electron chi connectivity index (χ0n) is 14.1. The number of aromatic nitrogens is 1. The summed E-state index contributed by atoms with van der Waals surface area (Å²) in [5.41, 5.74) is 6.49. The zero-order chi connectivity index (χ0) is 17.7. The second-order valence-corrected chi connectivity index (χ2v) is 8.01. The molecule has 0 saturated carbocycles. The minimum Gasteiger partial charge on any atom is -0.358 e. The maximum absolute atomic E-state index is 13.0. The smallest absolute Gasteiger partial charge is 0.161 e. The number of Topliss-reactive ketones (excluding diaryl/α,β-unsaturated/α-hetero) is 1. The first-order chi connectivity index (χ1) is 12.7.